The number of hydrogen-bond donors (Lipinski definition) is 16. The van der Waals surface area contributed by atoms with Gasteiger partial charge in [0.15, 0.2) is 31.5 Å². The van der Waals surface area contributed by atoms with Gasteiger partial charge in [-0.3, -0.25) is 0 Å². The van der Waals surface area contributed by atoms with Crippen LogP contribution in [0.5, 0.6) is 0 Å². The monoisotopic (exact) mass is 998 g/mol. The van der Waals surface area contributed by atoms with E-state index in [9.17, 15) is 81.7 Å². The molecule has 29 atom stereocenters. The van der Waals surface area contributed by atoms with Crippen LogP contribution in [0.1, 0.15) is 34.6 Å². The molecule has 5 heterocycles. The molecule has 5 aliphatic rings. The zero-order chi connectivity index (χ0) is 50.5. The molecule has 0 spiro atoms. The molecule has 5 saturated heterocycles. The third kappa shape index (κ3) is 12.8. The second-order valence-electron chi connectivity index (χ2n) is 18.2. The summed E-state index contributed by atoms with van der Waals surface area (Å²) >= 11 is 0. The summed E-state index contributed by atoms with van der Waals surface area (Å²) in [5, 5.41) is 171. The van der Waals surface area contributed by atoms with Crippen molar-refractivity contribution in [1.82, 2.24) is 0 Å². The molecule has 0 saturated carbocycles. The van der Waals surface area contributed by atoms with Gasteiger partial charge in [0, 0.05) is 17.8 Å². The van der Waals surface area contributed by atoms with Gasteiger partial charge in [0.25, 0.3) is 0 Å². The molecule has 16 N–H and O–H groups in total. The van der Waals surface area contributed by atoms with Crippen molar-refractivity contribution < 1.29 is 134 Å². The fraction of sp³-hybridized carbons (Fsp3) is 1.00. The Morgan fingerprint density at radius 3 is 1.47 bits per heavy atom. The first-order chi connectivity index (χ1) is 32.1. The molecule has 0 radical (unpaired) electrons. The first-order valence-electron chi connectivity index (χ1n) is 22.8. The van der Waals surface area contributed by atoms with Crippen LogP contribution in [-0.4, -0.2) is 288 Å². The van der Waals surface area contributed by atoms with Gasteiger partial charge in [-0.1, -0.05) is 20.8 Å². The Morgan fingerprint density at radius 2 is 0.912 bits per heavy atom. The molecule has 27 nitrogen and oxygen atoms in total. The van der Waals surface area contributed by atoms with Crippen LogP contribution in [0.25, 0.3) is 0 Å². The number of aliphatic hydroxyl groups excluding tert-OH is 16. The van der Waals surface area contributed by atoms with E-state index in [0.717, 1.165) is 6.92 Å². The van der Waals surface area contributed by atoms with Crippen molar-refractivity contribution in [3.8, 4) is 0 Å². The lowest BCUT2D eigenvalue weighted by Gasteiger charge is -2.49. The SMILES string of the molecule is CC1C(O)[C@H](O)[C@H](CO)O[C@H]1O[C@@H]1C(O)[C@H](O)C(CO)O[C@@H]1OCC1O[C@@H](O[C@@H]2C(CO)O[C@@H](O[C@@H]3C(CO)O[C@@H](C)[C@@H](C)C3O)[C@@H](C)C2O)C(O)C(OC(OCCO)C(O)C(O)[C@@H](C)O)[C@@H]1O. The molecular formula is C41H74O27. The topological polar surface area (TPSA) is 425 Å². The molecule has 5 fully saturated rings. The second kappa shape index (κ2) is 25.7. The Kier molecular flexibility index (Phi) is 21.9. The summed E-state index contributed by atoms with van der Waals surface area (Å²) in [6.45, 7) is 2.50. The summed E-state index contributed by atoms with van der Waals surface area (Å²) in [7, 11) is 0. The van der Waals surface area contributed by atoms with Crippen molar-refractivity contribution in [2.45, 2.75) is 194 Å². The van der Waals surface area contributed by atoms with E-state index in [1.807, 2.05) is 0 Å². The molecule has 14 unspecified atom stereocenters. The van der Waals surface area contributed by atoms with Gasteiger partial charge in [-0.15, -0.1) is 0 Å². The van der Waals surface area contributed by atoms with Crippen LogP contribution >= 0.6 is 0 Å². The van der Waals surface area contributed by atoms with Crippen molar-refractivity contribution in [3.63, 3.8) is 0 Å². The average Bonchev–Trinajstić information content (AvgIpc) is 3.32. The van der Waals surface area contributed by atoms with Crippen LogP contribution in [0.15, 0.2) is 0 Å². The maximum absolute atomic E-state index is 11.8. The maximum atomic E-state index is 11.8. The minimum absolute atomic E-state index is 0.442. The molecule has 400 valence electrons. The summed E-state index contributed by atoms with van der Waals surface area (Å²) in [4.78, 5) is 0. The van der Waals surface area contributed by atoms with Crippen LogP contribution in [0, 0.1) is 17.8 Å². The van der Waals surface area contributed by atoms with E-state index in [0.29, 0.717) is 0 Å². The van der Waals surface area contributed by atoms with Gasteiger partial charge >= 0.3 is 0 Å². The quantitative estimate of drug-likeness (QED) is 0.0475. The number of rotatable bonds is 21. The van der Waals surface area contributed by atoms with E-state index in [1.54, 1.807) is 13.8 Å². The normalized spacial score (nSPS) is 47.9. The van der Waals surface area contributed by atoms with Gasteiger partial charge in [-0.05, 0) is 13.8 Å². The van der Waals surface area contributed by atoms with E-state index in [-0.39, 0.29) is 0 Å². The summed E-state index contributed by atoms with van der Waals surface area (Å²) < 4.78 is 64.6. The largest absolute Gasteiger partial charge is 0.394 e. The van der Waals surface area contributed by atoms with Crippen LogP contribution < -0.4 is 0 Å². The second-order valence-corrected chi connectivity index (χ2v) is 18.2. The molecule has 0 aromatic rings. The van der Waals surface area contributed by atoms with E-state index < -0.39 is 224 Å². The average molecular weight is 999 g/mol. The molecule has 0 bridgehead atoms. The molecule has 0 aromatic carbocycles. The highest BCUT2D eigenvalue weighted by molar-refractivity contribution is 4.98. The Hall–Kier alpha value is -1.08. The molecule has 5 aliphatic heterocycles. The highest BCUT2D eigenvalue weighted by Crippen LogP contribution is 2.38. The molecular weight excluding hydrogens is 924 g/mol. The van der Waals surface area contributed by atoms with Gasteiger partial charge in [-0.25, -0.2) is 0 Å². The van der Waals surface area contributed by atoms with E-state index in [2.05, 4.69) is 0 Å². The van der Waals surface area contributed by atoms with E-state index in [1.165, 1.54) is 13.8 Å². The zero-order valence-corrected chi connectivity index (χ0v) is 38.3. The summed E-state index contributed by atoms with van der Waals surface area (Å²) in [6, 6.07) is 0. The third-order valence-electron chi connectivity index (χ3n) is 13.5. The summed E-state index contributed by atoms with van der Waals surface area (Å²) in [6.07, 6.45) is -41.6. The van der Waals surface area contributed by atoms with Crippen LogP contribution in [-0.2, 0) is 52.1 Å². The lowest BCUT2D eigenvalue weighted by atomic mass is 9.88. The van der Waals surface area contributed by atoms with Gasteiger partial charge in [0.05, 0.1) is 76.8 Å². The van der Waals surface area contributed by atoms with Crippen LogP contribution in [0.3, 0.4) is 0 Å². The Balaban J connectivity index is 1.42. The molecule has 68 heavy (non-hydrogen) atoms. The smallest absolute Gasteiger partial charge is 0.187 e. The molecule has 0 aromatic heterocycles. The first kappa shape index (κ1) is 57.8. The summed E-state index contributed by atoms with van der Waals surface area (Å²) in [5.74, 6) is -2.48. The predicted molar refractivity (Wildman–Crippen MR) is 219 cm³/mol. The Labute approximate surface area is 391 Å². The van der Waals surface area contributed by atoms with E-state index in [4.69, 9.17) is 52.1 Å². The molecule has 0 aliphatic carbocycles. The Morgan fingerprint density at radius 1 is 0.441 bits per heavy atom. The maximum Gasteiger partial charge on any atom is 0.187 e. The van der Waals surface area contributed by atoms with Crippen molar-refractivity contribution >= 4 is 0 Å². The highest BCUT2D eigenvalue weighted by Gasteiger charge is 2.55. The molecule has 5 rings (SSSR count). The minimum Gasteiger partial charge on any atom is -0.394 e. The van der Waals surface area contributed by atoms with Crippen molar-refractivity contribution in [1.29, 1.82) is 0 Å². The van der Waals surface area contributed by atoms with Crippen LogP contribution in [0.2, 0.25) is 0 Å². The van der Waals surface area contributed by atoms with Gasteiger partial charge in [0.1, 0.15) is 97.7 Å². The lowest BCUT2D eigenvalue weighted by molar-refractivity contribution is -0.384. The fourth-order valence-electron chi connectivity index (χ4n) is 8.78. The Bertz CT molecular complexity index is 1470. The molecule has 27 heteroatoms. The minimum atomic E-state index is -2.11. The standard InChI is InChI=1S/C41H74O27/c1-13-17(5)60-20(10-45)33(24(13)49)65-38-15(3)25(50)34(21(11-46)63-38)66-40-32(57)35(67-39(58-7-6-42)31(56)26(51)16(4)47)29(54)22(64-40)12-59-41-36(30(55)28(53)19(9-44)62-41)68-37-14(2)23(48)27(52)18(8-43)61-37/h13-57H,6-12H2,1-5H3/t13-,14?,15+,16-,17+,18+,19?,20?,21?,22?,23?,24?,25?,26?,27-,28-,29-,30?,31?,32?,33-,34-,35?,36-,37+,38+,39?,40+,41+/m1/s1. The first-order valence-corrected chi connectivity index (χ1v) is 22.8. The summed E-state index contributed by atoms with van der Waals surface area (Å²) in [5.41, 5.74) is 0. The molecule has 0 amide bonds. The van der Waals surface area contributed by atoms with Crippen LogP contribution in [0.4, 0.5) is 0 Å². The van der Waals surface area contributed by atoms with Gasteiger partial charge < -0.3 is 134 Å². The number of aliphatic hydroxyl groups is 16. The lowest BCUT2D eigenvalue weighted by Crippen LogP contribution is -2.66. The van der Waals surface area contributed by atoms with Crippen molar-refractivity contribution in [3.05, 3.63) is 0 Å². The third-order valence-corrected chi connectivity index (χ3v) is 13.5. The van der Waals surface area contributed by atoms with Crippen molar-refractivity contribution in [2.24, 2.45) is 17.8 Å². The fourth-order valence-corrected chi connectivity index (χ4v) is 8.78. The zero-order valence-electron chi connectivity index (χ0n) is 38.3. The van der Waals surface area contributed by atoms with E-state index >= 15 is 0 Å². The predicted octanol–water partition coefficient (Wildman–Crippen LogP) is -8.57. The van der Waals surface area contributed by atoms with Crippen molar-refractivity contribution in [2.75, 3.05) is 46.2 Å². The number of ether oxygens (including phenoxy) is 11. The number of hydrogen-bond acceptors (Lipinski definition) is 27. The van der Waals surface area contributed by atoms with Gasteiger partial charge in [-0.2, -0.15) is 0 Å². The van der Waals surface area contributed by atoms with Gasteiger partial charge in [0.2, 0.25) is 0 Å². The highest BCUT2D eigenvalue weighted by atomic mass is 16.8.